The van der Waals surface area contributed by atoms with Gasteiger partial charge in [0.15, 0.2) is 5.82 Å². The quantitative estimate of drug-likeness (QED) is 0.256. The van der Waals surface area contributed by atoms with E-state index in [0.29, 0.717) is 11.2 Å². The molecule has 0 spiro atoms. The van der Waals surface area contributed by atoms with Crippen molar-refractivity contribution < 1.29 is 0 Å². The third-order valence-corrected chi connectivity index (χ3v) is 6.40. The summed E-state index contributed by atoms with van der Waals surface area (Å²) in [5, 5.41) is 19.2. The van der Waals surface area contributed by atoms with Gasteiger partial charge < -0.3 is 0 Å². The third-order valence-electron chi connectivity index (χ3n) is 6.14. The van der Waals surface area contributed by atoms with Crippen molar-refractivity contribution >= 4 is 29.2 Å². The molecule has 0 amide bonds. The summed E-state index contributed by atoms with van der Waals surface area (Å²) in [6.45, 7) is 6.89. The third kappa shape index (κ3) is 4.34. The fourth-order valence-corrected chi connectivity index (χ4v) is 4.41. The molecule has 2 aromatic heterocycles. The van der Waals surface area contributed by atoms with Crippen LogP contribution in [-0.4, -0.2) is 30.9 Å². The summed E-state index contributed by atoms with van der Waals surface area (Å²) in [5.74, 6) is 0.764. The number of hydrogen-bond donors (Lipinski definition) is 1. The Hall–Kier alpha value is -3.84. The number of nitrogens with one attached hydrogen (secondary N) is 1. The van der Waals surface area contributed by atoms with Crippen LogP contribution in [0.5, 0.6) is 0 Å². The van der Waals surface area contributed by atoms with E-state index in [4.69, 9.17) is 22.4 Å². The normalized spacial score (nSPS) is 11.6. The number of aryl methyl sites for hydroxylation is 2. The average molecular weight is 467 g/mol. The topological polar surface area (TPSA) is 63.8 Å². The van der Waals surface area contributed by atoms with Crippen molar-refractivity contribution in [3.05, 3.63) is 111 Å². The standard InChI is InChI=1S/C27H26N6S/c1-18-11-13-21(14-12-18)17-32-20(3)25(19(2)31-32)16-28-33-26(29-30-27(33)34)15-23-9-6-8-22-7-4-5-10-24(22)23/h4-14,16H,15,17H2,1-3H3,(H,30,34)/b28-16-. The highest BCUT2D eigenvalue weighted by Gasteiger charge is 2.12. The Labute approximate surface area is 203 Å². The largest absolute Gasteiger partial charge is 0.265 e. The van der Waals surface area contributed by atoms with E-state index < -0.39 is 0 Å². The first-order valence-corrected chi connectivity index (χ1v) is 11.7. The molecule has 3 aromatic carbocycles. The lowest BCUT2D eigenvalue weighted by Gasteiger charge is -2.06. The summed E-state index contributed by atoms with van der Waals surface area (Å²) < 4.78 is 4.19. The van der Waals surface area contributed by atoms with E-state index in [1.165, 1.54) is 27.5 Å². The van der Waals surface area contributed by atoms with E-state index in [2.05, 4.69) is 90.8 Å². The van der Waals surface area contributed by atoms with Gasteiger partial charge in [0.25, 0.3) is 0 Å². The maximum atomic E-state index is 5.48. The van der Waals surface area contributed by atoms with E-state index in [1.807, 2.05) is 17.8 Å². The summed E-state index contributed by atoms with van der Waals surface area (Å²) in [6, 6.07) is 23.2. The molecule has 7 heteroatoms. The molecule has 0 atom stereocenters. The molecule has 0 bridgehead atoms. The predicted molar refractivity (Wildman–Crippen MR) is 139 cm³/mol. The zero-order valence-corrected chi connectivity index (χ0v) is 20.3. The molecule has 0 saturated heterocycles. The fourth-order valence-electron chi connectivity index (χ4n) is 4.21. The number of hydrogen-bond acceptors (Lipinski definition) is 4. The second kappa shape index (κ2) is 9.19. The predicted octanol–water partition coefficient (Wildman–Crippen LogP) is 5.74. The van der Waals surface area contributed by atoms with Crippen LogP contribution in [0.15, 0.2) is 71.8 Å². The Morgan fingerprint density at radius 2 is 1.74 bits per heavy atom. The van der Waals surface area contributed by atoms with Gasteiger partial charge in [-0.25, -0.2) is 0 Å². The Balaban J connectivity index is 1.43. The van der Waals surface area contributed by atoms with Crippen molar-refractivity contribution in [1.29, 1.82) is 0 Å². The molecular weight excluding hydrogens is 440 g/mol. The molecule has 0 aliphatic heterocycles. The molecule has 0 aliphatic carbocycles. The van der Waals surface area contributed by atoms with Crippen LogP contribution in [0.2, 0.25) is 0 Å². The van der Waals surface area contributed by atoms with E-state index in [0.717, 1.165) is 29.3 Å². The summed E-state index contributed by atoms with van der Waals surface area (Å²) in [5.41, 5.74) is 6.63. The summed E-state index contributed by atoms with van der Waals surface area (Å²) in [6.07, 6.45) is 2.46. The van der Waals surface area contributed by atoms with Crippen molar-refractivity contribution in [2.24, 2.45) is 5.10 Å². The monoisotopic (exact) mass is 466 g/mol. The van der Waals surface area contributed by atoms with Crippen LogP contribution in [0, 0.1) is 25.5 Å². The summed E-state index contributed by atoms with van der Waals surface area (Å²) in [4.78, 5) is 0. The first-order chi connectivity index (χ1) is 16.5. The maximum Gasteiger partial charge on any atom is 0.216 e. The van der Waals surface area contributed by atoms with E-state index in [1.54, 1.807) is 4.68 Å². The second-order valence-corrected chi connectivity index (χ2v) is 8.93. The highest BCUT2D eigenvalue weighted by Crippen LogP contribution is 2.21. The van der Waals surface area contributed by atoms with Crippen LogP contribution in [0.25, 0.3) is 10.8 Å². The highest BCUT2D eigenvalue weighted by molar-refractivity contribution is 7.71. The molecule has 1 N–H and O–H groups in total. The van der Waals surface area contributed by atoms with Gasteiger partial charge in [0.2, 0.25) is 4.77 Å². The molecule has 34 heavy (non-hydrogen) atoms. The lowest BCUT2D eigenvalue weighted by Crippen LogP contribution is -2.04. The van der Waals surface area contributed by atoms with Gasteiger partial charge in [-0.1, -0.05) is 72.3 Å². The zero-order chi connectivity index (χ0) is 23.7. The van der Waals surface area contributed by atoms with Gasteiger partial charge in [-0.05, 0) is 54.9 Å². The smallest absolute Gasteiger partial charge is 0.216 e. The molecule has 0 fully saturated rings. The summed E-state index contributed by atoms with van der Waals surface area (Å²) >= 11 is 5.48. The minimum absolute atomic E-state index is 0.467. The van der Waals surface area contributed by atoms with Gasteiger partial charge in [-0.3, -0.25) is 9.78 Å². The van der Waals surface area contributed by atoms with Crippen molar-refractivity contribution in [2.45, 2.75) is 33.7 Å². The average Bonchev–Trinajstić information content (AvgIpc) is 3.32. The van der Waals surface area contributed by atoms with E-state index in [-0.39, 0.29) is 0 Å². The van der Waals surface area contributed by atoms with Gasteiger partial charge in [0, 0.05) is 17.7 Å². The molecule has 5 aromatic rings. The first-order valence-electron chi connectivity index (χ1n) is 11.3. The molecule has 0 radical (unpaired) electrons. The summed E-state index contributed by atoms with van der Waals surface area (Å²) in [7, 11) is 0. The van der Waals surface area contributed by atoms with Crippen molar-refractivity contribution in [3.8, 4) is 0 Å². The molecular formula is C27H26N6S. The highest BCUT2D eigenvalue weighted by atomic mass is 32.1. The molecule has 0 aliphatic rings. The fraction of sp³-hybridized carbons (Fsp3) is 0.185. The second-order valence-electron chi connectivity index (χ2n) is 8.54. The van der Waals surface area contributed by atoms with Gasteiger partial charge >= 0.3 is 0 Å². The molecule has 6 nitrogen and oxygen atoms in total. The van der Waals surface area contributed by atoms with Gasteiger partial charge in [0.05, 0.1) is 18.5 Å². The van der Waals surface area contributed by atoms with E-state index >= 15 is 0 Å². The minimum atomic E-state index is 0.467. The lowest BCUT2D eigenvalue weighted by molar-refractivity contribution is 0.659. The lowest BCUT2D eigenvalue weighted by atomic mass is 10.0. The number of nitrogens with zero attached hydrogens (tertiary/aromatic N) is 5. The van der Waals surface area contributed by atoms with Crippen LogP contribution < -0.4 is 0 Å². The minimum Gasteiger partial charge on any atom is -0.265 e. The van der Waals surface area contributed by atoms with Gasteiger partial charge in [-0.2, -0.15) is 20.0 Å². The Morgan fingerprint density at radius 1 is 0.971 bits per heavy atom. The number of aromatic nitrogens is 5. The molecule has 170 valence electrons. The molecule has 0 saturated carbocycles. The Morgan fingerprint density at radius 3 is 2.56 bits per heavy atom. The first kappa shape index (κ1) is 22.0. The van der Waals surface area contributed by atoms with Crippen molar-refractivity contribution in [3.63, 3.8) is 0 Å². The Bertz CT molecular complexity index is 1550. The van der Waals surface area contributed by atoms with Crippen LogP contribution in [0.3, 0.4) is 0 Å². The van der Waals surface area contributed by atoms with Crippen LogP contribution in [-0.2, 0) is 13.0 Å². The van der Waals surface area contributed by atoms with E-state index in [9.17, 15) is 0 Å². The van der Waals surface area contributed by atoms with Gasteiger partial charge in [-0.15, -0.1) is 0 Å². The van der Waals surface area contributed by atoms with Crippen LogP contribution in [0.1, 0.15) is 39.5 Å². The SMILES string of the molecule is Cc1ccc(Cn2nc(C)c(/C=N\n3c(Cc4cccc5ccccc45)n[nH]c3=S)c2C)cc1. The van der Waals surface area contributed by atoms with Crippen LogP contribution in [0.4, 0.5) is 0 Å². The number of H-pyrrole nitrogens is 1. The van der Waals surface area contributed by atoms with Crippen molar-refractivity contribution in [2.75, 3.05) is 0 Å². The Kier molecular flexibility index (Phi) is 5.94. The van der Waals surface area contributed by atoms with Crippen LogP contribution >= 0.6 is 12.2 Å². The molecule has 5 rings (SSSR count). The molecule has 0 unspecified atom stereocenters. The van der Waals surface area contributed by atoms with Crippen molar-refractivity contribution in [1.82, 2.24) is 24.7 Å². The van der Waals surface area contributed by atoms with Gasteiger partial charge in [0.1, 0.15) is 0 Å². The molecule has 2 heterocycles. The number of aromatic amines is 1. The zero-order valence-electron chi connectivity index (χ0n) is 19.5. The number of rotatable bonds is 6. The number of fused-ring (bicyclic) bond motifs is 1. The maximum absolute atomic E-state index is 5.48. The number of benzene rings is 3.